The van der Waals surface area contributed by atoms with E-state index in [1.807, 2.05) is 0 Å². The highest BCUT2D eigenvalue weighted by molar-refractivity contribution is 7.17. The summed E-state index contributed by atoms with van der Waals surface area (Å²) in [6.07, 6.45) is 6.33. The Balaban J connectivity index is 1.88. The van der Waals surface area contributed by atoms with Crippen LogP contribution in [0, 0.1) is 6.92 Å². The number of nitrogens with one attached hydrogen (secondary N) is 1. The molecule has 0 saturated carbocycles. The molecule has 2 heteroatoms. The Morgan fingerprint density at radius 3 is 2.50 bits per heavy atom. The molecule has 22 heavy (non-hydrogen) atoms. The first-order chi connectivity index (χ1) is 10.7. The van der Waals surface area contributed by atoms with Gasteiger partial charge in [-0.15, -0.1) is 9.24 Å². The maximum absolute atomic E-state index is 3.49. The molecule has 2 rings (SSSR count). The first-order valence-corrected chi connectivity index (χ1v) is 9.02. The van der Waals surface area contributed by atoms with Crippen LogP contribution < -0.4 is 5.32 Å². The monoisotopic (exact) mass is 313 g/mol. The molecule has 2 aromatic rings. The number of aryl methyl sites for hydroxylation is 2. The third-order valence-corrected chi connectivity index (χ3v) is 4.63. The molecule has 2 aromatic carbocycles. The number of anilines is 2. The van der Waals surface area contributed by atoms with Crippen molar-refractivity contribution < 1.29 is 0 Å². The van der Waals surface area contributed by atoms with Gasteiger partial charge in [-0.25, -0.2) is 0 Å². The zero-order valence-corrected chi connectivity index (χ0v) is 15.0. The van der Waals surface area contributed by atoms with Gasteiger partial charge in [-0.3, -0.25) is 0 Å². The molecular formula is C20H28NP. The summed E-state index contributed by atoms with van der Waals surface area (Å²) in [4.78, 5) is 0. The smallest absolute Gasteiger partial charge is 0.0386 e. The minimum absolute atomic E-state index is 0.777. The van der Waals surface area contributed by atoms with E-state index in [9.17, 15) is 0 Å². The summed E-state index contributed by atoms with van der Waals surface area (Å²) in [6.45, 7) is 4.37. The minimum Gasteiger partial charge on any atom is -0.356 e. The summed E-state index contributed by atoms with van der Waals surface area (Å²) < 4.78 is 0. The fourth-order valence-corrected chi connectivity index (χ4v) is 3.26. The first-order valence-electron chi connectivity index (χ1n) is 8.35. The van der Waals surface area contributed by atoms with Gasteiger partial charge in [-0.05, 0) is 68.1 Å². The van der Waals surface area contributed by atoms with Gasteiger partial charge in [-0.2, -0.15) is 0 Å². The lowest BCUT2D eigenvalue weighted by Gasteiger charge is -2.11. The van der Waals surface area contributed by atoms with E-state index in [4.69, 9.17) is 0 Å². The SMILES string of the molecule is CCCC(P)CCCc1cccc(Nc2ccc(C)cc2)c1. The van der Waals surface area contributed by atoms with Crippen LogP contribution >= 0.6 is 9.24 Å². The zero-order valence-electron chi connectivity index (χ0n) is 13.8. The van der Waals surface area contributed by atoms with Crippen molar-refractivity contribution in [3.8, 4) is 0 Å². The molecule has 1 N–H and O–H groups in total. The predicted octanol–water partition coefficient (Wildman–Crippen LogP) is 6.11. The average Bonchev–Trinajstić information content (AvgIpc) is 2.50. The minimum atomic E-state index is 0.777. The zero-order chi connectivity index (χ0) is 15.8. The molecule has 0 aliphatic heterocycles. The maximum atomic E-state index is 3.49. The van der Waals surface area contributed by atoms with Crippen LogP contribution in [-0.2, 0) is 6.42 Å². The van der Waals surface area contributed by atoms with Gasteiger partial charge < -0.3 is 5.32 Å². The van der Waals surface area contributed by atoms with Crippen LogP contribution in [0.25, 0.3) is 0 Å². The molecule has 0 bridgehead atoms. The Labute approximate surface area is 137 Å². The lowest BCUT2D eigenvalue weighted by Crippen LogP contribution is -1.98. The van der Waals surface area contributed by atoms with Crippen LogP contribution in [0.5, 0.6) is 0 Å². The van der Waals surface area contributed by atoms with Crippen LogP contribution in [0.15, 0.2) is 48.5 Å². The van der Waals surface area contributed by atoms with Gasteiger partial charge >= 0.3 is 0 Å². The molecule has 2 atom stereocenters. The summed E-state index contributed by atoms with van der Waals surface area (Å²) in [5, 5.41) is 3.49. The number of hydrogen-bond donors (Lipinski definition) is 1. The van der Waals surface area contributed by atoms with Crippen LogP contribution in [0.1, 0.15) is 43.7 Å². The second kappa shape index (κ2) is 8.96. The molecule has 0 aliphatic rings. The summed E-state index contributed by atoms with van der Waals surface area (Å²) >= 11 is 0. The predicted molar refractivity (Wildman–Crippen MR) is 102 cm³/mol. The van der Waals surface area contributed by atoms with Crippen LogP contribution in [0.3, 0.4) is 0 Å². The normalized spacial score (nSPS) is 12.1. The van der Waals surface area contributed by atoms with Gasteiger partial charge in [0.05, 0.1) is 0 Å². The molecular weight excluding hydrogens is 285 g/mol. The summed E-state index contributed by atoms with van der Waals surface area (Å²) in [7, 11) is 2.99. The van der Waals surface area contributed by atoms with Crippen molar-refractivity contribution >= 4 is 20.6 Å². The van der Waals surface area contributed by atoms with Gasteiger partial charge in [0.2, 0.25) is 0 Å². The van der Waals surface area contributed by atoms with Gasteiger partial charge in [-0.1, -0.05) is 43.2 Å². The van der Waals surface area contributed by atoms with Gasteiger partial charge in [0.25, 0.3) is 0 Å². The summed E-state index contributed by atoms with van der Waals surface area (Å²) in [5.41, 5.74) is 5.82. The summed E-state index contributed by atoms with van der Waals surface area (Å²) in [6, 6.07) is 17.3. The molecule has 0 aliphatic carbocycles. The number of rotatable bonds is 8. The van der Waals surface area contributed by atoms with Crippen molar-refractivity contribution in [1.29, 1.82) is 0 Å². The molecule has 0 spiro atoms. The number of hydrogen-bond acceptors (Lipinski definition) is 1. The molecule has 0 heterocycles. The van der Waals surface area contributed by atoms with Crippen LogP contribution in [-0.4, -0.2) is 5.66 Å². The molecule has 118 valence electrons. The highest BCUT2D eigenvalue weighted by atomic mass is 31.0. The second-order valence-electron chi connectivity index (χ2n) is 6.13. The Morgan fingerprint density at radius 1 is 1.00 bits per heavy atom. The molecule has 0 fully saturated rings. The molecule has 0 radical (unpaired) electrons. The standard InChI is InChI=1S/C20H28NP/c1-3-6-20(22)10-5-8-17-7-4-9-19(15-17)21-18-13-11-16(2)12-14-18/h4,7,9,11-15,20-21H,3,5-6,8,10,22H2,1-2H3. The summed E-state index contributed by atoms with van der Waals surface area (Å²) in [5.74, 6) is 0. The molecule has 2 unspecified atom stereocenters. The van der Waals surface area contributed by atoms with E-state index in [-0.39, 0.29) is 0 Å². The van der Waals surface area contributed by atoms with Gasteiger partial charge in [0, 0.05) is 11.4 Å². The van der Waals surface area contributed by atoms with E-state index in [1.165, 1.54) is 42.5 Å². The highest BCUT2D eigenvalue weighted by Gasteiger charge is 2.02. The first kappa shape index (κ1) is 17.0. The lowest BCUT2D eigenvalue weighted by molar-refractivity contribution is 0.647. The molecule has 0 saturated heterocycles. The average molecular weight is 313 g/mol. The largest absolute Gasteiger partial charge is 0.356 e. The Hall–Kier alpha value is -1.33. The Bertz CT molecular complexity index is 562. The van der Waals surface area contributed by atoms with Crippen molar-refractivity contribution in [3.05, 3.63) is 59.7 Å². The van der Waals surface area contributed by atoms with Crippen molar-refractivity contribution in [3.63, 3.8) is 0 Å². The fraction of sp³-hybridized carbons (Fsp3) is 0.400. The van der Waals surface area contributed by atoms with E-state index in [0.717, 1.165) is 17.8 Å². The topological polar surface area (TPSA) is 12.0 Å². The van der Waals surface area contributed by atoms with E-state index in [2.05, 4.69) is 76.9 Å². The molecule has 0 amide bonds. The second-order valence-corrected chi connectivity index (χ2v) is 7.08. The van der Waals surface area contributed by atoms with Gasteiger partial charge in [0.15, 0.2) is 0 Å². The van der Waals surface area contributed by atoms with Crippen molar-refractivity contribution in [2.24, 2.45) is 0 Å². The molecule has 1 nitrogen and oxygen atoms in total. The van der Waals surface area contributed by atoms with Crippen LogP contribution in [0.4, 0.5) is 11.4 Å². The fourth-order valence-electron chi connectivity index (χ4n) is 2.69. The van der Waals surface area contributed by atoms with E-state index in [0.29, 0.717) is 0 Å². The Kier molecular flexibility index (Phi) is 6.93. The van der Waals surface area contributed by atoms with Gasteiger partial charge in [0.1, 0.15) is 0 Å². The quantitative estimate of drug-likeness (QED) is 0.580. The third kappa shape index (κ3) is 5.81. The third-order valence-electron chi connectivity index (χ3n) is 3.97. The van der Waals surface area contributed by atoms with Crippen molar-refractivity contribution in [2.45, 2.75) is 51.6 Å². The Morgan fingerprint density at radius 2 is 1.77 bits per heavy atom. The van der Waals surface area contributed by atoms with E-state index >= 15 is 0 Å². The lowest BCUT2D eigenvalue weighted by atomic mass is 10.0. The van der Waals surface area contributed by atoms with E-state index in [1.54, 1.807) is 0 Å². The highest BCUT2D eigenvalue weighted by Crippen LogP contribution is 2.20. The van der Waals surface area contributed by atoms with Crippen LogP contribution in [0.2, 0.25) is 0 Å². The van der Waals surface area contributed by atoms with Crippen molar-refractivity contribution in [1.82, 2.24) is 0 Å². The van der Waals surface area contributed by atoms with Crippen molar-refractivity contribution in [2.75, 3.05) is 5.32 Å². The molecule has 0 aromatic heterocycles. The maximum Gasteiger partial charge on any atom is 0.0386 e. The van der Waals surface area contributed by atoms with E-state index < -0.39 is 0 Å². The number of benzene rings is 2.